The number of hydrogen-bond donors (Lipinski definition) is 3. The largest absolute Gasteiger partial charge is 0.508 e. The van der Waals surface area contributed by atoms with Gasteiger partial charge in [0.1, 0.15) is 11.5 Å². The van der Waals surface area contributed by atoms with Crippen molar-refractivity contribution in [3.63, 3.8) is 0 Å². The van der Waals surface area contributed by atoms with Crippen molar-refractivity contribution >= 4 is 7.60 Å². The van der Waals surface area contributed by atoms with E-state index in [4.69, 9.17) is 14.5 Å². The molecule has 0 bridgehead atoms. The first-order valence-corrected chi connectivity index (χ1v) is 9.96. The topological polar surface area (TPSA) is 87.0 Å². The van der Waals surface area contributed by atoms with Crippen LogP contribution < -0.4 is 4.74 Å². The highest BCUT2D eigenvalue weighted by atomic mass is 31.2. The zero-order valence-electron chi connectivity index (χ0n) is 15.0. The van der Waals surface area contributed by atoms with Gasteiger partial charge in [-0.2, -0.15) is 0 Å². The number of phenols is 1. The Labute approximate surface area is 148 Å². The molecule has 0 aliphatic heterocycles. The minimum Gasteiger partial charge on any atom is -0.508 e. The van der Waals surface area contributed by atoms with E-state index in [1.165, 1.54) is 0 Å². The number of rotatable bonds is 6. The van der Waals surface area contributed by atoms with E-state index in [0.29, 0.717) is 11.5 Å². The summed E-state index contributed by atoms with van der Waals surface area (Å²) in [6, 6.07) is 9.26. The number of ether oxygens (including phenoxy) is 1. The van der Waals surface area contributed by atoms with Crippen LogP contribution in [0.4, 0.5) is 0 Å². The number of benzene rings is 2. The van der Waals surface area contributed by atoms with Gasteiger partial charge in [-0.25, -0.2) is 0 Å². The lowest BCUT2D eigenvalue weighted by atomic mass is 9.93. The van der Waals surface area contributed by atoms with Crippen molar-refractivity contribution in [3.05, 3.63) is 58.1 Å². The Bertz CT molecular complexity index is 784. The first-order valence-electron chi connectivity index (χ1n) is 8.16. The van der Waals surface area contributed by atoms with E-state index in [-0.39, 0.29) is 5.92 Å². The fourth-order valence-electron chi connectivity index (χ4n) is 2.85. The van der Waals surface area contributed by atoms with E-state index < -0.39 is 13.9 Å². The normalized spacial score (nSPS) is 11.8. The number of aryl methyl sites for hydroxylation is 2. The molecule has 0 aromatic heterocycles. The van der Waals surface area contributed by atoms with Crippen LogP contribution in [0, 0.1) is 13.8 Å². The van der Waals surface area contributed by atoms with Crippen molar-refractivity contribution in [1.29, 1.82) is 0 Å². The van der Waals surface area contributed by atoms with Gasteiger partial charge < -0.3 is 19.6 Å². The highest BCUT2D eigenvalue weighted by molar-refractivity contribution is 7.51. The lowest BCUT2D eigenvalue weighted by Crippen LogP contribution is -2.02. The Morgan fingerprint density at radius 1 is 1.08 bits per heavy atom. The van der Waals surface area contributed by atoms with Gasteiger partial charge in [-0.3, -0.25) is 4.57 Å². The van der Waals surface area contributed by atoms with Crippen LogP contribution >= 0.6 is 7.60 Å². The third kappa shape index (κ3) is 5.33. The molecule has 0 aliphatic carbocycles. The fourth-order valence-corrected chi connectivity index (χ4v) is 3.17. The highest BCUT2D eigenvalue weighted by Gasteiger charge is 2.15. The molecule has 136 valence electrons. The highest BCUT2D eigenvalue weighted by Crippen LogP contribution is 2.35. The van der Waals surface area contributed by atoms with Gasteiger partial charge in [0.05, 0.1) is 0 Å². The second kappa shape index (κ2) is 7.61. The van der Waals surface area contributed by atoms with Crippen LogP contribution in [-0.2, 0) is 11.0 Å². The van der Waals surface area contributed by atoms with Crippen LogP contribution in [0.1, 0.15) is 47.6 Å². The van der Waals surface area contributed by atoms with E-state index in [0.717, 1.165) is 34.2 Å². The van der Waals surface area contributed by atoms with E-state index >= 15 is 0 Å². The van der Waals surface area contributed by atoms with E-state index in [2.05, 4.69) is 0 Å². The van der Waals surface area contributed by atoms with Crippen LogP contribution in [0.3, 0.4) is 0 Å². The van der Waals surface area contributed by atoms with Crippen molar-refractivity contribution in [2.75, 3.05) is 6.35 Å². The molecule has 25 heavy (non-hydrogen) atoms. The average molecular weight is 364 g/mol. The first kappa shape index (κ1) is 19.5. The Balaban J connectivity index is 2.26. The van der Waals surface area contributed by atoms with Crippen LogP contribution in [0.5, 0.6) is 11.5 Å². The molecule has 2 aromatic carbocycles. The molecule has 0 amide bonds. The summed E-state index contributed by atoms with van der Waals surface area (Å²) in [5.41, 5.74) is 5.18. The van der Waals surface area contributed by atoms with Gasteiger partial charge in [-0.15, -0.1) is 0 Å². The Hall–Kier alpha value is -1.81. The Kier molecular flexibility index (Phi) is 5.94. The standard InChI is InChI=1S/C19H25O5P/c1-12(2)17-9-15(5-6-19(17)20)10-18-13(3)7-16(8-14(18)4)24-11-25(21,22)23/h5-9,12,20H,10-11H2,1-4H3,(H2,21,22,23). The van der Waals surface area contributed by atoms with Gasteiger partial charge in [0.15, 0.2) is 6.35 Å². The monoisotopic (exact) mass is 364 g/mol. The molecule has 0 unspecified atom stereocenters. The van der Waals surface area contributed by atoms with Crippen LogP contribution in [-0.4, -0.2) is 21.2 Å². The van der Waals surface area contributed by atoms with Crippen molar-refractivity contribution in [3.8, 4) is 11.5 Å². The second-order valence-electron chi connectivity index (χ2n) is 6.70. The van der Waals surface area contributed by atoms with Gasteiger partial charge in [-0.05, 0) is 72.2 Å². The minimum absolute atomic E-state index is 0.241. The maximum Gasteiger partial charge on any atom is 0.362 e. The molecule has 2 aromatic rings. The molecular weight excluding hydrogens is 339 g/mol. The molecule has 2 rings (SSSR count). The van der Waals surface area contributed by atoms with Gasteiger partial charge >= 0.3 is 7.60 Å². The third-order valence-electron chi connectivity index (χ3n) is 4.16. The number of hydrogen-bond acceptors (Lipinski definition) is 3. The summed E-state index contributed by atoms with van der Waals surface area (Å²) in [4.78, 5) is 17.9. The van der Waals surface area contributed by atoms with Gasteiger partial charge in [0.25, 0.3) is 0 Å². The summed E-state index contributed by atoms with van der Waals surface area (Å²) >= 11 is 0. The van der Waals surface area contributed by atoms with E-state index in [1.54, 1.807) is 18.2 Å². The number of phenolic OH excluding ortho intramolecular Hbond substituents is 1. The summed E-state index contributed by atoms with van der Waals surface area (Å²) in [6.45, 7) is 8.00. The molecule has 0 spiro atoms. The molecule has 0 radical (unpaired) electrons. The average Bonchev–Trinajstić information content (AvgIpc) is 2.49. The zero-order valence-corrected chi connectivity index (χ0v) is 15.9. The van der Waals surface area contributed by atoms with E-state index in [1.807, 2.05) is 39.8 Å². The molecule has 0 saturated heterocycles. The van der Waals surface area contributed by atoms with Crippen LogP contribution in [0.25, 0.3) is 0 Å². The quantitative estimate of drug-likeness (QED) is 0.668. The summed E-state index contributed by atoms with van der Waals surface area (Å²) in [7, 11) is -4.19. The smallest absolute Gasteiger partial charge is 0.362 e. The maximum atomic E-state index is 10.9. The molecular formula is C19H25O5P. The summed E-state index contributed by atoms with van der Waals surface area (Å²) < 4.78 is 16.2. The second-order valence-corrected chi connectivity index (χ2v) is 8.29. The maximum absolute atomic E-state index is 10.9. The molecule has 6 heteroatoms. The zero-order chi connectivity index (χ0) is 18.8. The van der Waals surface area contributed by atoms with Crippen molar-refractivity contribution in [1.82, 2.24) is 0 Å². The van der Waals surface area contributed by atoms with Crippen LogP contribution in [0.15, 0.2) is 30.3 Å². The lowest BCUT2D eigenvalue weighted by molar-refractivity contribution is 0.300. The first-order chi connectivity index (χ1) is 11.6. The fraction of sp³-hybridized carbons (Fsp3) is 0.368. The van der Waals surface area contributed by atoms with Crippen molar-refractivity contribution < 1.29 is 24.2 Å². The molecule has 5 nitrogen and oxygen atoms in total. The van der Waals surface area contributed by atoms with Gasteiger partial charge in [0.2, 0.25) is 0 Å². The van der Waals surface area contributed by atoms with Gasteiger partial charge in [0, 0.05) is 0 Å². The van der Waals surface area contributed by atoms with E-state index in [9.17, 15) is 9.67 Å². The minimum atomic E-state index is -4.19. The molecule has 3 N–H and O–H groups in total. The lowest BCUT2D eigenvalue weighted by Gasteiger charge is -2.15. The van der Waals surface area contributed by atoms with Crippen molar-refractivity contribution in [2.24, 2.45) is 0 Å². The van der Waals surface area contributed by atoms with Gasteiger partial charge in [-0.1, -0.05) is 26.0 Å². The van der Waals surface area contributed by atoms with Crippen LogP contribution in [0.2, 0.25) is 0 Å². The summed E-state index contributed by atoms with van der Waals surface area (Å²) in [5.74, 6) is 1.01. The predicted octanol–water partition coefficient (Wildman–Crippen LogP) is 4.24. The summed E-state index contributed by atoms with van der Waals surface area (Å²) in [6.07, 6.45) is 0.0946. The van der Waals surface area contributed by atoms with Crippen molar-refractivity contribution in [2.45, 2.75) is 40.0 Å². The molecule has 0 fully saturated rings. The SMILES string of the molecule is Cc1cc(OCP(=O)(O)O)cc(C)c1Cc1ccc(O)c(C(C)C)c1. The number of aromatic hydroxyl groups is 1. The Morgan fingerprint density at radius 3 is 2.20 bits per heavy atom. The molecule has 0 saturated carbocycles. The summed E-state index contributed by atoms with van der Waals surface area (Å²) in [5, 5.41) is 9.96. The molecule has 0 atom stereocenters. The predicted molar refractivity (Wildman–Crippen MR) is 98.5 cm³/mol. The Morgan fingerprint density at radius 2 is 1.68 bits per heavy atom. The molecule has 0 aliphatic rings. The molecule has 0 heterocycles. The third-order valence-corrected chi connectivity index (χ3v) is 4.63.